The Labute approximate surface area is 118 Å². The van der Waals surface area contributed by atoms with Gasteiger partial charge in [-0.1, -0.05) is 45.0 Å². The van der Waals surface area contributed by atoms with Crippen molar-refractivity contribution >= 4 is 8.32 Å². The van der Waals surface area contributed by atoms with Crippen LogP contribution in [-0.2, 0) is 4.43 Å². The van der Waals surface area contributed by atoms with Gasteiger partial charge in [0.1, 0.15) is 12.4 Å². The van der Waals surface area contributed by atoms with Crippen molar-refractivity contribution in [1.82, 2.24) is 0 Å². The Morgan fingerprint density at radius 1 is 1.21 bits per heavy atom. The molecule has 0 saturated carbocycles. The van der Waals surface area contributed by atoms with Gasteiger partial charge in [0, 0.05) is 0 Å². The van der Waals surface area contributed by atoms with Crippen LogP contribution in [0.3, 0.4) is 0 Å². The molecule has 0 amide bonds. The van der Waals surface area contributed by atoms with Crippen LogP contribution in [0.15, 0.2) is 43.0 Å². The van der Waals surface area contributed by atoms with Crippen molar-refractivity contribution in [3.05, 3.63) is 43.0 Å². The molecule has 1 unspecified atom stereocenters. The fourth-order valence-electron chi connectivity index (χ4n) is 1.40. The summed E-state index contributed by atoms with van der Waals surface area (Å²) in [6.07, 6.45) is 1.78. The first kappa shape index (κ1) is 16.0. The molecule has 1 rings (SSSR count). The average molecular weight is 278 g/mol. The van der Waals surface area contributed by atoms with E-state index in [1.165, 1.54) is 0 Å². The van der Waals surface area contributed by atoms with Gasteiger partial charge in [-0.3, -0.25) is 0 Å². The van der Waals surface area contributed by atoms with E-state index in [1.54, 1.807) is 0 Å². The quantitative estimate of drug-likeness (QED) is 0.557. The minimum Gasteiger partial charge on any atom is -0.491 e. The van der Waals surface area contributed by atoms with Gasteiger partial charge in [-0.05, 0) is 30.3 Å². The minimum atomic E-state index is -1.78. The van der Waals surface area contributed by atoms with Crippen LogP contribution in [0.1, 0.15) is 20.8 Å². The van der Waals surface area contributed by atoms with Crippen molar-refractivity contribution in [2.75, 3.05) is 6.61 Å². The molecular weight excluding hydrogens is 252 g/mol. The fourth-order valence-corrected chi connectivity index (χ4v) is 2.68. The van der Waals surface area contributed by atoms with Crippen LogP contribution in [-0.4, -0.2) is 21.0 Å². The fraction of sp³-hybridized carbons (Fsp3) is 0.500. The highest BCUT2D eigenvalue weighted by Gasteiger charge is 2.38. The van der Waals surface area contributed by atoms with Crippen LogP contribution >= 0.6 is 0 Å². The first-order valence-corrected chi connectivity index (χ1v) is 9.65. The van der Waals surface area contributed by atoms with Crippen LogP contribution < -0.4 is 4.74 Å². The number of para-hydroxylation sites is 1. The topological polar surface area (TPSA) is 18.5 Å². The summed E-state index contributed by atoms with van der Waals surface area (Å²) in [7, 11) is -1.78. The molecule has 0 aliphatic heterocycles. The second-order valence-electron chi connectivity index (χ2n) is 6.28. The monoisotopic (exact) mass is 278 g/mol. The molecule has 0 N–H and O–H groups in total. The summed E-state index contributed by atoms with van der Waals surface area (Å²) < 4.78 is 12.0. The molecule has 2 nitrogen and oxygen atoms in total. The van der Waals surface area contributed by atoms with Gasteiger partial charge in [0.05, 0.1) is 6.10 Å². The summed E-state index contributed by atoms with van der Waals surface area (Å²) in [5.74, 6) is 0.869. The molecule has 19 heavy (non-hydrogen) atoms. The SMILES string of the molecule is C=CC(COc1ccccc1)O[Si](C)(C)C(C)(C)C. The lowest BCUT2D eigenvalue weighted by atomic mass is 10.2. The first-order chi connectivity index (χ1) is 8.76. The Morgan fingerprint density at radius 3 is 2.26 bits per heavy atom. The lowest BCUT2D eigenvalue weighted by molar-refractivity contribution is 0.150. The standard InChI is InChI=1S/C16H26O2Si/c1-7-14(18-19(5,6)16(2,3)4)13-17-15-11-9-8-10-12-15/h7-12,14H,1,13H2,2-6H3. The number of hydrogen-bond acceptors (Lipinski definition) is 2. The molecule has 0 aromatic heterocycles. The largest absolute Gasteiger partial charge is 0.491 e. The zero-order valence-corrected chi connectivity index (χ0v) is 13.8. The van der Waals surface area contributed by atoms with E-state index in [0.717, 1.165) is 5.75 Å². The molecule has 0 radical (unpaired) electrons. The van der Waals surface area contributed by atoms with Gasteiger partial charge in [-0.2, -0.15) is 0 Å². The molecule has 0 aliphatic carbocycles. The van der Waals surface area contributed by atoms with Crippen LogP contribution in [0.25, 0.3) is 0 Å². The lowest BCUT2D eigenvalue weighted by Crippen LogP contribution is -2.44. The Morgan fingerprint density at radius 2 is 1.79 bits per heavy atom. The van der Waals surface area contributed by atoms with E-state index in [2.05, 4.69) is 40.4 Å². The van der Waals surface area contributed by atoms with Gasteiger partial charge in [0.25, 0.3) is 0 Å². The summed E-state index contributed by atoms with van der Waals surface area (Å²) in [6.45, 7) is 15.6. The molecule has 1 aromatic rings. The summed E-state index contributed by atoms with van der Waals surface area (Å²) in [6, 6.07) is 9.81. The Balaban J connectivity index is 2.58. The van der Waals surface area contributed by atoms with E-state index in [9.17, 15) is 0 Å². The van der Waals surface area contributed by atoms with Gasteiger partial charge in [-0.25, -0.2) is 0 Å². The molecule has 0 heterocycles. The van der Waals surface area contributed by atoms with Crippen molar-refractivity contribution in [2.24, 2.45) is 0 Å². The highest BCUT2D eigenvalue weighted by molar-refractivity contribution is 6.74. The maximum atomic E-state index is 6.27. The first-order valence-electron chi connectivity index (χ1n) is 6.74. The Hall–Kier alpha value is -1.06. The third kappa shape index (κ3) is 4.84. The summed E-state index contributed by atoms with van der Waals surface area (Å²) in [5, 5.41) is 0.195. The van der Waals surface area contributed by atoms with Crippen LogP contribution in [0, 0.1) is 0 Å². The zero-order valence-electron chi connectivity index (χ0n) is 12.8. The number of benzene rings is 1. The molecule has 106 valence electrons. The van der Waals surface area contributed by atoms with Gasteiger partial charge >= 0.3 is 0 Å². The summed E-state index contributed by atoms with van der Waals surface area (Å²) >= 11 is 0. The molecule has 1 aromatic carbocycles. The van der Waals surface area contributed by atoms with Gasteiger partial charge in [0.15, 0.2) is 8.32 Å². The predicted molar refractivity (Wildman–Crippen MR) is 84.2 cm³/mol. The maximum Gasteiger partial charge on any atom is 0.193 e. The number of hydrogen-bond donors (Lipinski definition) is 0. The van der Waals surface area contributed by atoms with Crippen molar-refractivity contribution in [1.29, 1.82) is 0 Å². The molecule has 0 bridgehead atoms. The second kappa shape index (κ2) is 6.39. The normalized spacial score (nSPS) is 13.9. The molecular formula is C16H26O2Si. The zero-order chi connectivity index (χ0) is 14.5. The maximum absolute atomic E-state index is 6.27. The minimum absolute atomic E-state index is 0.0545. The highest BCUT2D eigenvalue weighted by atomic mass is 28.4. The smallest absolute Gasteiger partial charge is 0.193 e. The van der Waals surface area contributed by atoms with Gasteiger partial charge in [0.2, 0.25) is 0 Å². The molecule has 0 saturated heterocycles. The third-order valence-electron chi connectivity index (χ3n) is 3.67. The van der Waals surface area contributed by atoms with Crippen molar-refractivity contribution in [2.45, 2.75) is 45.0 Å². The van der Waals surface area contributed by atoms with Crippen LogP contribution in [0.5, 0.6) is 5.75 Å². The van der Waals surface area contributed by atoms with E-state index in [1.807, 2.05) is 36.4 Å². The van der Waals surface area contributed by atoms with Crippen LogP contribution in [0.4, 0.5) is 0 Å². The van der Waals surface area contributed by atoms with Gasteiger partial charge < -0.3 is 9.16 Å². The number of ether oxygens (including phenoxy) is 1. The molecule has 0 aliphatic rings. The van der Waals surface area contributed by atoms with Gasteiger partial charge in [-0.15, -0.1) is 6.58 Å². The van der Waals surface area contributed by atoms with E-state index in [0.29, 0.717) is 6.61 Å². The van der Waals surface area contributed by atoms with Crippen molar-refractivity contribution in [3.8, 4) is 5.75 Å². The Bertz CT molecular complexity index is 393. The average Bonchev–Trinajstić information content (AvgIpc) is 2.34. The van der Waals surface area contributed by atoms with Crippen molar-refractivity contribution in [3.63, 3.8) is 0 Å². The summed E-state index contributed by atoms with van der Waals surface area (Å²) in [5.41, 5.74) is 0. The van der Waals surface area contributed by atoms with E-state index < -0.39 is 8.32 Å². The molecule has 0 spiro atoms. The second-order valence-corrected chi connectivity index (χ2v) is 11.0. The highest BCUT2D eigenvalue weighted by Crippen LogP contribution is 2.37. The lowest BCUT2D eigenvalue weighted by Gasteiger charge is -2.38. The van der Waals surface area contributed by atoms with E-state index in [4.69, 9.17) is 9.16 Å². The molecule has 1 atom stereocenters. The van der Waals surface area contributed by atoms with E-state index >= 15 is 0 Å². The predicted octanol–water partition coefficient (Wildman–Crippen LogP) is 4.64. The summed E-state index contributed by atoms with van der Waals surface area (Å²) in [4.78, 5) is 0. The number of rotatable bonds is 6. The molecule has 0 fully saturated rings. The van der Waals surface area contributed by atoms with Crippen molar-refractivity contribution < 1.29 is 9.16 Å². The Kier molecular flexibility index (Phi) is 5.38. The third-order valence-corrected chi connectivity index (χ3v) is 8.18. The van der Waals surface area contributed by atoms with Crippen LogP contribution in [0.2, 0.25) is 18.1 Å². The van der Waals surface area contributed by atoms with E-state index in [-0.39, 0.29) is 11.1 Å². The molecule has 3 heteroatoms.